The molecule has 3 heteroatoms. The average Bonchev–Trinajstić information content (AvgIpc) is 2.23. The average molecular weight is 218 g/mol. The van der Waals surface area contributed by atoms with E-state index in [4.69, 9.17) is 11.5 Å². The molecule has 0 spiro atoms. The zero-order valence-corrected chi connectivity index (χ0v) is 9.79. The summed E-state index contributed by atoms with van der Waals surface area (Å²) in [7, 11) is 0. The molecule has 1 aromatic rings. The molecule has 1 unspecified atom stereocenters. The van der Waals surface area contributed by atoms with Gasteiger partial charge in [0.25, 0.3) is 0 Å². The summed E-state index contributed by atoms with van der Waals surface area (Å²) in [5, 5.41) is 0. The molecular formula is C13H18N2O. The predicted molar refractivity (Wildman–Crippen MR) is 64.3 cm³/mol. The number of hydrogen-bond donors (Lipinski definition) is 2. The quantitative estimate of drug-likeness (QED) is 0.746. The molecule has 0 radical (unpaired) electrons. The summed E-state index contributed by atoms with van der Waals surface area (Å²) >= 11 is 0. The lowest BCUT2D eigenvalue weighted by Crippen LogP contribution is -2.44. The minimum atomic E-state index is -0.377. The van der Waals surface area contributed by atoms with E-state index in [9.17, 15) is 4.79 Å². The van der Waals surface area contributed by atoms with Crippen LogP contribution in [-0.4, -0.2) is 11.9 Å². The summed E-state index contributed by atoms with van der Waals surface area (Å²) in [6.45, 7) is 4.25. The molecule has 3 nitrogen and oxygen atoms in total. The van der Waals surface area contributed by atoms with Crippen molar-refractivity contribution in [2.45, 2.75) is 38.1 Å². The van der Waals surface area contributed by atoms with Crippen molar-refractivity contribution in [1.82, 2.24) is 0 Å². The largest absolute Gasteiger partial charge is 0.366 e. The Kier molecular flexibility index (Phi) is 2.50. The first kappa shape index (κ1) is 11.1. The van der Waals surface area contributed by atoms with Crippen molar-refractivity contribution in [2.24, 2.45) is 11.5 Å². The second kappa shape index (κ2) is 3.59. The molecule has 1 aliphatic rings. The van der Waals surface area contributed by atoms with Crippen LogP contribution in [0.1, 0.15) is 41.8 Å². The lowest BCUT2D eigenvalue weighted by atomic mass is 9.69. The number of nitrogens with two attached hydrogens (primary N) is 2. The summed E-state index contributed by atoms with van der Waals surface area (Å²) in [4.78, 5) is 11.2. The van der Waals surface area contributed by atoms with Crippen LogP contribution < -0.4 is 11.5 Å². The van der Waals surface area contributed by atoms with E-state index in [1.807, 2.05) is 12.1 Å². The van der Waals surface area contributed by atoms with Crippen LogP contribution in [0.5, 0.6) is 0 Å². The fourth-order valence-electron chi connectivity index (χ4n) is 2.42. The Labute approximate surface area is 95.8 Å². The van der Waals surface area contributed by atoms with Crippen LogP contribution in [0.15, 0.2) is 18.2 Å². The van der Waals surface area contributed by atoms with Crippen molar-refractivity contribution in [1.29, 1.82) is 0 Å². The van der Waals surface area contributed by atoms with Gasteiger partial charge >= 0.3 is 0 Å². The van der Waals surface area contributed by atoms with E-state index in [1.54, 1.807) is 6.07 Å². The highest BCUT2D eigenvalue weighted by atomic mass is 16.1. The molecule has 1 atom stereocenters. The third-order valence-corrected chi connectivity index (χ3v) is 3.74. The second-order valence-electron chi connectivity index (χ2n) is 5.10. The maximum Gasteiger partial charge on any atom is 0.248 e. The van der Waals surface area contributed by atoms with Gasteiger partial charge in [-0.3, -0.25) is 4.79 Å². The SMILES string of the molecule is CC1(C)c2cc(C(N)=O)ccc2CCC1N. The monoisotopic (exact) mass is 218 g/mol. The number of hydrogen-bond acceptors (Lipinski definition) is 2. The third-order valence-electron chi connectivity index (χ3n) is 3.74. The van der Waals surface area contributed by atoms with Crippen LogP contribution in [0.2, 0.25) is 0 Å². The van der Waals surface area contributed by atoms with Gasteiger partial charge in [0.05, 0.1) is 0 Å². The van der Waals surface area contributed by atoms with E-state index in [2.05, 4.69) is 13.8 Å². The number of carbonyl (C=O) groups is 1. The first-order chi connectivity index (χ1) is 7.43. The first-order valence-corrected chi connectivity index (χ1v) is 5.61. The molecule has 4 N–H and O–H groups in total. The molecule has 0 fully saturated rings. The molecule has 16 heavy (non-hydrogen) atoms. The van der Waals surface area contributed by atoms with Gasteiger partial charge < -0.3 is 11.5 Å². The van der Waals surface area contributed by atoms with Crippen molar-refractivity contribution >= 4 is 5.91 Å². The van der Waals surface area contributed by atoms with Crippen molar-refractivity contribution < 1.29 is 4.79 Å². The maximum absolute atomic E-state index is 11.2. The molecule has 0 saturated heterocycles. The van der Waals surface area contributed by atoms with E-state index in [1.165, 1.54) is 11.1 Å². The molecule has 86 valence electrons. The minimum Gasteiger partial charge on any atom is -0.366 e. The lowest BCUT2D eigenvalue weighted by Gasteiger charge is -2.38. The van der Waals surface area contributed by atoms with Crippen LogP contribution in [0, 0.1) is 0 Å². The topological polar surface area (TPSA) is 69.1 Å². The van der Waals surface area contributed by atoms with Crippen LogP contribution in [-0.2, 0) is 11.8 Å². The minimum absolute atomic E-state index is 0.0843. The molecular weight excluding hydrogens is 200 g/mol. The standard InChI is InChI=1S/C13H18N2O/c1-13(2)10-7-9(12(15)16)4-3-8(10)5-6-11(13)14/h3-4,7,11H,5-6,14H2,1-2H3,(H2,15,16). The fourth-order valence-corrected chi connectivity index (χ4v) is 2.42. The zero-order valence-electron chi connectivity index (χ0n) is 9.79. The van der Waals surface area contributed by atoms with Gasteiger partial charge in [-0.1, -0.05) is 19.9 Å². The fraction of sp³-hybridized carbons (Fsp3) is 0.462. The van der Waals surface area contributed by atoms with E-state index in [-0.39, 0.29) is 17.4 Å². The molecule has 0 aliphatic heterocycles. The summed E-state index contributed by atoms with van der Waals surface area (Å²) in [5.74, 6) is -0.377. The number of benzene rings is 1. The normalized spacial score (nSPS) is 22.6. The van der Waals surface area contributed by atoms with Gasteiger partial charge in [0.15, 0.2) is 0 Å². The highest BCUT2D eigenvalue weighted by molar-refractivity contribution is 5.93. The van der Waals surface area contributed by atoms with Crippen molar-refractivity contribution in [3.63, 3.8) is 0 Å². The molecule has 2 rings (SSSR count). The van der Waals surface area contributed by atoms with Gasteiger partial charge in [-0.25, -0.2) is 0 Å². The van der Waals surface area contributed by atoms with Crippen LogP contribution >= 0.6 is 0 Å². The third kappa shape index (κ3) is 1.61. The van der Waals surface area contributed by atoms with Gasteiger partial charge in [0, 0.05) is 17.0 Å². The molecule has 0 saturated carbocycles. The Bertz CT molecular complexity index is 438. The highest BCUT2D eigenvalue weighted by Crippen LogP contribution is 2.36. The maximum atomic E-state index is 11.2. The molecule has 0 bridgehead atoms. The highest BCUT2D eigenvalue weighted by Gasteiger charge is 2.34. The van der Waals surface area contributed by atoms with E-state index in [0.29, 0.717) is 5.56 Å². The Morgan fingerprint density at radius 1 is 1.44 bits per heavy atom. The summed E-state index contributed by atoms with van der Waals surface area (Å²) in [6.07, 6.45) is 1.98. The summed E-state index contributed by atoms with van der Waals surface area (Å²) in [6, 6.07) is 5.84. The molecule has 1 aromatic carbocycles. The smallest absolute Gasteiger partial charge is 0.248 e. The van der Waals surface area contributed by atoms with Gasteiger partial charge in [-0.2, -0.15) is 0 Å². The van der Waals surface area contributed by atoms with E-state index >= 15 is 0 Å². The molecule has 1 aliphatic carbocycles. The molecule has 1 amide bonds. The van der Waals surface area contributed by atoms with Crippen molar-refractivity contribution in [3.8, 4) is 0 Å². The van der Waals surface area contributed by atoms with E-state index in [0.717, 1.165) is 12.8 Å². The summed E-state index contributed by atoms with van der Waals surface area (Å²) in [5.41, 5.74) is 14.4. The van der Waals surface area contributed by atoms with Crippen LogP contribution in [0.3, 0.4) is 0 Å². The van der Waals surface area contributed by atoms with Gasteiger partial charge in [-0.05, 0) is 36.1 Å². The number of primary amides is 1. The van der Waals surface area contributed by atoms with Crippen LogP contribution in [0.4, 0.5) is 0 Å². The van der Waals surface area contributed by atoms with Gasteiger partial charge in [-0.15, -0.1) is 0 Å². The van der Waals surface area contributed by atoms with E-state index < -0.39 is 0 Å². The van der Waals surface area contributed by atoms with Gasteiger partial charge in [0.1, 0.15) is 0 Å². The Hall–Kier alpha value is -1.35. The predicted octanol–water partition coefficient (Wildman–Crippen LogP) is 1.34. The molecule has 0 aromatic heterocycles. The number of rotatable bonds is 1. The van der Waals surface area contributed by atoms with Crippen molar-refractivity contribution in [2.75, 3.05) is 0 Å². The number of fused-ring (bicyclic) bond motifs is 1. The number of aryl methyl sites for hydroxylation is 1. The number of carbonyl (C=O) groups excluding carboxylic acids is 1. The number of amides is 1. The van der Waals surface area contributed by atoms with Crippen LogP contribution in [0.25, 0.3) is 0 Å². The molecule has 0 heterocycles. The summed E-state index contributed by atoms with van der Waals surface area (Å²) < 4.78 is 0. The van der Waals surface area contributed by atoms with Crippen molar-refractivity contribution in [3.05, 3.63) is 34.9 Å². The first-order valence-electron chi connectivity index (χ1n) is 5.61. The Balaban J connectivity index is 2.55. The lowest BCUT2D eigenvalue weighted by molar-refractivity contribution is 0.1000. The second-order valence-corrected chi connectivity index (χ2v) is 5.10. The zero-order chi connectivity index (χ0) is 11.9. The van der Waals surface area contributed by atoms with Gasteiger partial charge in [0.2, 0.25) is 5.91 Å². The Morgan fingerprint density at radius 3 is 2.75 bits per heavy atom. The Morgan fingerprint density at radius 2 is 2.12 bits per heavy atom.